The summed E-state index contributed by atoms with van der Waals surface area (Å²) in [5, 5.41) is 0. The fourth-order valence-corrected chi connectivity index (χ4v) is 4.31. The molecule has 3 rings (SSSR count). The molecular formula is C30H35F3O7Si. The summed E-state index contributed by atoms with van der Waals surface area (Å²) in [6.45, 7) is 11.7. The molecule has 0 saturated heterocycles. The number of esters is 2. The van der Waals surface area contributed by atoms with Crippen LogP contribution in [0.25, 0.3) is 11.3 Å². The highest BCUT2D eigenvalue weighted by molar-refractivity contribution is 6.76. The summed E-state index contributed by atoms with van der Waals surface area (Å²) in [5.74, 6) is 0.127. The minimum atomic E-state index is -4.47. The van der Waals surface area contributed by atoms with Crippen LogP contribution in [0.3, 0.4) is 0 Å². The van der Waals surface area contributed by atoms with Gasteiger partial charge >= 0.3 is 18.1 Å². The molecule has 0 aliphatic rings. The number of rotatable bonds is 12. The monoisotopic (exact) mass is 592 g/mol. The third-order valence-electron chi connectivity index (χ3n) is 5.94. The van der Waals surface area contributed by atoms with Crippen molar-refractivity contribution in [2.24, 2.45) is 0 Å². The second-order valence-corrected chi connectivity index (χ2v) is 16.7. The summed E-state index contributed by atoms with van der Waals surface area (Å²) >= 11 is 0. The maximum Gasteiger partial charge on any atom is 0.416 e. The van der Waals surface area contributed by atoms with Crippen molar-refractivity contribution in [2.75, 3.05) is 13.2 Å². The quantitative estimate of drug-likeness (QED) is 0.157. The van der Waals surface area contributed by atoms with Gasteiger partial charge in [0.25, 0.3) is 0 Å². The van der Waals surface area contributed by atoms with E-state index in [0.717, 1.165) is 18.2 Å². The number of benzene rings is 2. The zero-order chi connectivity index (χ0) is 30.4. The smallest absolute Gasteiger partial charge is 0.416 e. The molecule has 0 aliphatic carbocycles. The number of carbonyl (C=O) groups is 2. The van der Waals surface area contributed by atoms with Crippen molar-refractivity contribution in [3.8, 4) is 22.8 Å². The van der Waals surface area contributed by atoms with Crippen molar-refractivity contribution >= 4 is 20.0 Å². The highest BCUT2D eigenvalue weighted by Crippen LogP contribution is 2.33. The van der Waals surface area contributed by atoms with Crippen LogP contribution in [0.2, 0.25) is 25.7 Å². The average molecular weight is 593 g/mol. The molecule has 3 aromatic rings. The van der Waals surface area contributed by atoms with Crippen LogP contribution < -0.4 is 9.47 Å². The number of halogens is 3. The molecule has 7 nitrogen and oxygen atoms in total. The SMILES string of the molecule is CCOC(=O)C(C)(C)Oc1ccc(OCc2oc(-c3ccc(C(F)(F)F)cc3)cc2C(=O)OCC[Si](C)(C)C)cc1. The minimum absolute atomic E-state index is 0.131. The first-order chi connectivity index (χ1) is 19.1. The van der Waals surface area contributed by atoms with Gasteiger partial charge in [-0.25, -0.2) is 9.59 Å². The highest BCUT2D eigenvalue weighted by atomic mass is 28.3. The van der Waals surface area contributed by atoms with Crippen LogP contribution in [-0.4, -0.2) is 38.8 Å². The second-order valence-electron chi connectivity index (χ2n) is 11.1. The van der Waals surface area contributed by atoms with Crippen LogP contribution in [0.4, 0.5) is 13.2 Å². The van der Waals surface area contributed by atoms with Crippen LogP contribution in [-0.2, 0) is 27.1 Å². The number of ether oxygens (including phenoxy) is 4. The number of hydrogen-bond donors (Lipinski definition) is 0. The van der Waals surface area contributed by atoms with E-state index in [9.17, 15) is 22.8 Å². The summed E-state index contributed by atoms with van der Waals surface area (Å²) in [6, 6.07) is 13.2. The van der Waals surface area contributed by atoms with Gasteiger partial charge in [0.2, 0.25) is 0 Å². The molecular weight excluding hydrogens is 557 g/mol. The lowest BCUT2D eigenvalue weighted by atomic mass is 10.1. The van der Waals surface area contributed by atoms with Gasteiger partial charge in [-0.1, -0.05) is 31.8 Å². The van der Waals surface area contributed by atoms with E-state index in [1.807, 2.05) is 0 Å². The molecule has 222 valence electrons. The van der Waals surface area contributed by atoms with Crippen molar-refractivity contribution in [3.05, 3.63) is 71.5 Å². The predicted octanol–water partition coefficient (Wildman–Crippen LogP) is 7.76. The molecule has 0 unspecified atom stereocenters. The average Bonchev–Trinajstić information content (AvgIpc) is 3.31. The van der Waals surface area contributed by atoms with Crippen molar-refractivity contribution in [2.45, 2.75) is 64.8 Å². The molecule has 0 amide bonds. The van der Waals surface area contributed by atoms with E-state index in [1.165, 1.54) is 18.2 Å². The fourth-order valence-electron chi connectivity index (χ4n) is 3.60. The summed E-state index contributed by atoms with van der Waals surface area (Å²) in [5.41, 5.74) is -1.48. The summed E-state index contributed by atoms with van der Waals surface area (Å²) in [4.78, 5) is 25.0. The van der Waals surface area contributed by atoms with E-state index in [-0.39, 0.29) is 36.9 Å². The summed E-state index contributed by atoms with van der Waals surface area (Å²) < 4.78 is 67.0. The third kappa shape index (κ3) is 9.14. The van der Waals surface area contributed by atoms with Crippen molar-refractivity contribution < 1.29 is 46.1 Å². The van der Waals surface area contributed by atoms with E-state index < -0.39 is 37.4 Å². The topological polar surface area (TPSA) is 84.2 Å². The predicted molar refractivity (Wildman–Crippen MR) is 150 cm³/mol. The van der Waals surface area contributed by atoms with E-state index in [4.69, 9.17) is 23.4 Å². The van der Waals surface area contributed by atoms with Crippen LogP contribution in [0.1, 0.15) is 42.5 Å². The number of hydrogen-bond acceptors (Lipinski definition) is 7. The summed E-state index contributed by atoms with van der Waals surface area (Å²) in [6.07, 6.45) is -4.47. The van der Waals surface area contributed by atoms with E-state index in [0.29, 0.717) is 17.1 Å². The lowest BCUT2D eigenvalue weighted by Crippen LogP contribution is -2.39. The van der Waals surface area contributed by atoms with Gasteiger partial charge in [-0.2, -0.15) is 13.2 Å². The summed E-state index contributed by atoms with van der Waals surface area (Å²) in [7, 11) is -1.45. The molecule has 0 spiro atoms. The van der Waals surface area contributed by atoms with Gasteiger partial charge in [-0.05, 0) is 69.3 Å². The Hall–Kier alpha value is -3.73. The highest BCUT2D eigenvalue weighted by Gasteiger charge is 2.32. The molecule has 0 aliphatic heterocycles. The number of alkyl halides is 3. The molecule has 0 fully saturated rings. The molecule has 0 N–H and O–H groups in total. The Bertz CT molecular complexity index is 1320. The van der Waals surface area contributed by atoms with Crippen LogP contribution in [0.15, 0.2) is 59.0 Å². The van der Waals surface area contributed by atoms with E-state index >= 15 is 0 Å². The first-order valence-corrected chi connectivity index (χ1v) is 16.9. The maximum absolute atomic E-state index is 13.0. The standard InChI is InChI=1S/C30H35F3O7Si/c1-7-36-28(35)29(2,3)40-23-14-12-22(13-15-23)38-19-26-24(27(34)37-16-17-41(4,5)6)18-25(39-26)20-8-10-21(11-9-20)30(31,32)33/h8-15,18H,7,16-17,19H2,1-6H3. The molecule has 0 saturated carbocycles. The van der Waals surface area contributed by atoms with Crippen LogP contribution >= 0.6 is 0 Å². The Labute approximate surface area is 238 Å². The van der Waals surface area contributed by atoms with Gasteiger partial charge in [0, 0.05) is 13.6 Å². The van der Waals surface area contributed by atoms with Gasteiger partial charge in [0.1, 0.15) is 29.4 Å². The first-order valence-electron chi connectivity index (χ1n) is 13.2. The van der Waals surface area contributed by atoms with E-state index in [1.54, 1.807) is 45.0 Å². The van der Waals surface area contributed by atoms with Crippen molar-refractivity contribution in [1.82, 2.24) is 0 Å². The first kappa shape index (κ1) is 31.8. The Morgan fingerprint density at radius 2 is 1.51 bits per heavy atom. The molecule has 0 radical (unpaired) electrons. The van der Waals surface area contributed by atoms with Gasteiger partial charge in [-0.15, -0.1) is 0 Å². The molecule has 1 aromatic heterocycles. The third-order valence-corrected chi connectivity index (χ3v) is 7.65. The normalized spacial score (nSPS) is 12.1. The zero-order valence-electron chi connectivity index (χ0n) is 24.0. The Morgan fingerprint density at radius 3 is 2.07 bits per heavy atom. The molecule has 11 heteroatoms. The largest absolute Gasteiger partial charge is 0.486 e. The van der Waals surface area contributed by atoms with Crippen molar-refractivity contribution in [1.29, 1.82) is 0 Å². The van der Waals surface area contributed by atoms with Gasteiger partial charge < -0.3 is 23.4 Å². The lowest BCUT2D eigenvalue weighted by Gasteiger charge is -2.24. The van der Waals surface area contributed by atoms with Crippen LogP contribution in [0.5, 0.6) is 11.5 Å². The van der Waals surface area contributed by atoms with Crippen LogP contribution in [0, 0.1) is 0 Å². The molecule has 0 atom stereocenters. The maximum atomic E-state index is 13.0. The zero-order valence-corrected chi connectivity index (χ0v) is 25.0. The Morgan fingerprint density at radius 1 is 0.902 bits per heavy atom. The Kier molecular flexibility index (Phi) is 9.96. The molecule has 0 bridgehead atoms. The molecule has 1 heterocycles. The fraction of sp³-hybridized carbons (Fsp3) is 0.400. The minimum Gasteiger partial charge on any atom is -0.486 e. The molecule has 2 aromatic carbocycles. The number of furan rings is 1. The van der Waals surface area contributed by atoms with Crippen molar-refractivity contribution in [3.63, 3.8) is 0 Å². The van der Waals surface area contributed by atoms with Gasteiger partial charge in [-0.3, -0.25) is 0 Å². The Balaban J connectivity index is 1.78. The van der Waals surface area contributed by atoms with E-state index in [2.05, 4.69) is 19.6 Å². The molecule has 41 heavy (non-hydrogen) atoms. The van der Waals surface area contributed by atoms with Gasteiger partial charge in [0.15, 0.2) is 11.4 Å². The lowest BCUT2D eigenvalue weighted by molar-refractivity contribution is -0.158. The second kappa shape index (κ2) is 12.8. The van der Waals surface area contributed by atoms with Gasteiger partial charge in [0.05, 0.1) is 18.8 Å². The number of carbonyl (C=O) groups excluding carboxylic acids is 2.